The van der Waals surface area contributed by atoms with Crippen molar-refractivity contribution < 1.29 is 139 Å². The normalized spacial score (nSPS) is 12.5. The summed E-state index contributed by atoms with van der Waals surface area (Å²) < 4.78 is 241. The van der Waals surface area contributed by atoms with Gasteiger partial charge in [0, 0.05) is 39.3 Å². The molecular formula is C18H24CoF21N6O6. The number of carbonyl (C=O) groups excluding carboxylic acids is 3. The number of carbonyl (C=O) groups is 3. The number of alkyl halides is 21. The van der Waals surface area contributed by atoms with Gasteiger partial charge in [-0.1, -0.05) is 0 Å². The van der Waals surface area contributed by atoms with Crippen LogP contribution in [0.25, 0.3) is 0 Å². The minimum absolute atomic E-state index is 0. The fourth-order valence-electron chi connectivity index (χ4n) is 0.919. The van der Waals surface area contributed by atoms with Gasteiger partial charge >= 0.3 is 70.8 Å². The second-order valence-corrected chi connectivity index (χ2v) is 7.53. The number of carboxylic acids is 3. The Morgan fingerprint density at radius 2 is 0.423 bits per heavy atom. The van der Waals surface area contributed by atoms with Crippen LogP contribution in [-0.4, -0.2) is 111 Å². The third kappa shape index (κ3) is 19.3. The largest absolute Gasteiger partial charge is 3.00 e. The number of rotatable bonds is 9. The SMILES string of the molecule is NCCN.NCCN.NCCN.O=C([O-])C(F)(F)C(F)(F)C(F)(F)F.O=C([O-])C(F)(F)C(F)(F)C(F)(F)F.O=C([O-])C(F)(F)C(F)(F)C(F)(F)F.[Co+3]. The van der Waals surface area contributed by atoms with Crippen LogP contribution in [0, 0.1) is 0 Å². The molecule has 0 bridgehead atoms. The van der Waals surface area contributed by atoms with E-state index in [1.807, 2.05) is 0 Å². The van der Waals surface area contributed by atoms with Gasteiger partial charge in [0.25, 0.3) is 0 Å². The Morgan fingerprint density at radius 3 is 0.442 bits per heavy atom. The monoisotopic (exact) mass is 878 g/mol. The zero-order valence-corrected chi connectivity index (χ0v) is 25.5. The predicted octanol–water partition coefficient (Wildman–Crippen LogP) is -1.58. The van der Waals surface area contributed by atoms with Crippen LogP contribution in [0.15, 0.2) is 0 Å². The first kappa shape index (κ1) is 64.2. The van der Waals surface area contributed by atoms with Gasteiger partial charge in [-0.05, 0) is 0 Å². The Hall–Kier alpha value is -2.79. The molecule has 0 atom stereocenters. The number of halogens is 21. The standard InChI is InChI=1S/3C4HF7O2.3C2H8N2.Co/c3*5-2(6,1(12)13)3(7,8)4(9,10)11;3*3-1-2-4;/h3*(H,12,13);3*1-4H2;/q;;;;;;+3/p-3. The number of aliphatic carboxylic acids is 3. The Bertz CT molecular complexity index is 884. The molecule has 0 saturated heterocycles. The maximum atomic E-state index is 11.7. The molecule has 0 aromatic rings. The molecule has 0 heterocycles. The fraction of sp³-hybridized carbons (Fsp3) is 0.833. The molecule has 0 unspecified atom stereocenters. The van der Waals surface area contributed by atoms with Crippen LogP contribution in [0.4, 0.5) is 92.2 Å². The fourth-order valence-corrected chi connectivity index (χ4v) is 0.919. The number of carboxylic acid groups (broad SMARTS) is 3. The second-order valence-electron chi connectivity index (χ2n) is 7.53. The second kappa shape index (κ2) is 24.5. The zero-order valence-electron chi connectivity index (χ0n) is 24.4. The summed E-state index contributed by atoms with van der Waals surface area (Å²) in [6.45, 7) is 3.58. The van der Waals surface area contributed by atoms with Crippen molar-refractivity contribution in [1.82, 2.24) is 0 Å². The van der Waals surface area contributed by atoms with Crippen molar-refractivity contribution in [2.24, 2.45) is 34.4 Å². The molecule has 0 aliphatic carbocycles. The van der Waals surface area contributed by atoms with Crippen LogP contribution in [0.3, 0.4) is 0 Å². The van der Waals surface area contributed by atoms with Crippen molar-refractivity contribution in [2.45, 2.75) is 54.1 Å². The molecule has 34 heteroatoms. The first-order chi connectivity index (χ1) is 22.1. The van der Waals surface area contributed by atoms with E-state index < -0.39 is 72.0 Å². The van der Waals surface area contributed by atoms with E-state index in [2.05, 4.69) is 0 Å². The summed E-state index contributed by atoms with van der Waals surface area (Å²) >= 11 is 0. The van der Waals surface area contributed by atoms with E-state index in [0.717, 1.165) is 0 Å². The Kier molecular flexibility index (Phi) is 30.3. The molecule has 0 saturated carbocycles. The van der Waals surface area contributed by atoms with E-state index in [1.54, 1.807) is 0 Å². The molecule has 12 nitrogen and oxygen atoms in total. The van der Waals surface area contributed by atoms with Crippen LogP contribution >= 0.6 is 0 Å². The summed E-state index contributed by atoms with van der Waals surface area (Å²) in [5.41, 5.74) is 29.4. The Balaban J connectivity index is -0.0000001000. The van der Waals surface area contributed by atoms with Crippen molar-refractivity contribution in [3.8, 4) is 0 Å². The molecule has 0 aliphatic rings. The molecule has 52 heavy (non-hydrogen) atoms. The van der Waals surface area contributed by atoms with Gasteiger partial charge in [0.15, 0.2) is 0 Å². The number of hydrogen-bond donors (Lipinski definition) is 6. The Morgan fingerprint density at radius 1 is 0.327 bits per heavy atom. The smallest absolute Gasteiger partial charge is 0.544 e. The molecule has 0 radical (unpaired) electrons. The summed E-state index contributed by atoms with van der Waals surface area (Å²) in [6.07, 6.45) is -19.9. The van der Waals surface area contributed by atoms with Crippen LogP contribution in [-0.2, 0) is 31.2 Å². The summed E-state index contributed by atoms with van der Waals surface area (Å²) in [5, 5.41) is 27.8. The predicted molar refractivity (Wildman–Crippen MR) is 117 cm³/mol. The number of hydrogen-bond acceptors (Lipinski definition) is 12. The summed E-state index contributed by atoms with van der Waals surface area (Å²) in [4.78, 5) is 27.8. The van der Waals surface area contributed by atoms with E-state index in [0.29, 0.717) is 39.3 Å². The summed E-state index contributed by atoms with van der Waals surface area (Å²) in [6, 6.07) is 0. The van der Waals surface area contributed by atoms with Gasteiger partial charge in [-0.2, -0.15) is 92.2 Å². The van der Waals surface area contributed by atoms with Gasteiger partial charge in [0.2, 0.25) is 0 Å². The quantitative estimate of drug-likeness (QED) is 0.143. The van der Waals surface area contributed by atoms with Gasteiger partial charge in [0.05, 0.1) is 0 Å². The van der Waals surface area contributed by atoms with E-state index >= 15 is 0 Å². The molecule has 0 aromatic carbocycles. The third-order valence-electron chi connectivity index (χ3n) is 3.52. The molecule has 0 amide bonds. The van der Waals surface area contributed by atoms with Crippen molar-refractivity contribution >= 4 is 17.9 Å². The molecule has 0 fully saturated rings. The van der Waals surface area contributed by atoms with Gasteiger partial charge in [-0.25, -0.2) is 0 Å². The average Bonchev–Trinajstić information content (AvgIpc) is 2.95. The molecular weight excluding hydrogens is 854 g/mol. The van der Waals surface area contributed by atoms with Crippen molar-refractivity contribution in [3.05, 3.63) is 0 Å². The van der Waals surface area contributed by atoms with Crippen LogP contribution < -0.4 is 49.7 Å². The van der Waals surface area contributed by atoms with E-state index in [4.69, 9.17) is 34.4 Å². The van der Waals surface area contributed by atoms with Crippen molar-refractivity contribution in [1.29, 1.82) is 0 Å². The molecule has 12 N–H and O–H groups in total. The summed E-state index contributed by atoms with van der Waals surface area (Å²) in [5.74, 6) is -50.1. The first-order valence-electron chi connectivity index (χ1n) is 11.4. The van der Waals surface area contributed by atoms with E-state index in [-0.39, 0.29) is 16.8 Å². The van der Waals surface area contributed by atoms with Gasteiger partial charge in [-0.15, -0.1) is 0 Å². The van der Waals surface area contributed by atoms with E-state index in [9.17, 15) is 122 Å². The van der Waals surface area contributed by atoms with Crippen LogP contribution in [0.5, 0.6) is 0 Å². The first-order valence-corrected chi connectivity index (χ1v) is 11.4. The molecule has 0 spiro atoms. The number of nitrogens with two attached hydrogens (primary N) is 6. The maximum absolute atomic E-state index is 11.7. The van der Waals surface area contributed by atoms with Crippen molar-refractivity contribution in [2.75, 3.05) is 39.3 Å². The van der Waals surface area contributed by atoms with Crippen molar-refractivity contribution in [3.63, 3.8) is 0 Å². The molecule has 318 valence electrons. The van der Waals surface area contributed by atoms with Gasteiger partial charge < -0.3 is 64.1 Å². The van der Waals surface area contributed by atoms with Crippen LogP contribution in [0.1, 0.15) is 0 Å². The zero-order chi connectivity index (χ0) is 43.5. The van der Waals surface area contributed by atoms with Gasteiger partial charge in [0.1, 0.15) is 17.9 Å². The van der Waals surface area contributed by atoms with Crippen LogP contribution in [0.2, 0.25) is 0 Å². The topological polar surface area (TPSA) is 277 Å². The maximum Gasteiger partial charge on any atom is 3.00 e. The molecule has 0 aliphatic heterocycles. The summed E-state index contributed by atoms with van der Waals surface area (Å²) in [7, 11) is 0. The molecule has 0 rings (SSSR count). The Labute approximate surface area is 285 Å². The molecule has 0 aromatic heterocycles. The van der Waals surface area contributed by atoms with E-state index in [1.165, 1.54) is 0 Å². The minimum Gasteiger partial charge on any atom is -0.544 e. The average molecular weight is 878 g/mol. The third-order valence-corrected chi connectivity index (χ3v) is 3.52. The minimum atomic E-state index is -6.64. The van der Waals surface area contributed by atoms with Gasteiger partial charge in [-0.3, -0.25) is 0 Å².